The molecule has 0 N–H and O–H groups in total. The average molecular weight is 271 g/mol. The van der Waals surface area contributed by atoms with E-state index >= 15 is 0 Å². The van der Waals surface area contributed by atoms with Crippen molar-refractivity contribution >= 4 is 0 Å². The number of rotatable bonds is 4. The zero-order valence-electron chi connectivity index (χ0n) is 12.0. The minimum atomic E-state index is 0.855. The number of hydrogen-bond acceptors (Lipinski definition) is 3. The molecule has 2 aromatic rings. The summed E-state index contributed by atoms with van der Waals surface area (Å²) in [6.45, 7) is 7.86. The Labute approximate surface area is 120 Å². The van der Waals surface area contributed by atoms with Crippen LogP contribution in [0.1, 0.15) is 5.56 Å². The summed E-state index contributed by atoms with van der Waals surface area (Å²) in [4.78, 5) is 2.43. The van der Waals surface area contributed by atoms with Crippen LogP contribution >= 0.6 is 0 Å². The van der Waals surface area contributed by atoms with Crippen LogP contribution in [0.3, 0.4) is 0 Å². The first-order valence-corrected chi connectivity index (χ1v) is 7.21. The topological polar surface area (TPSA) is 30.3 Å². The Morgan fingerprint density at radius 3 is 2.55 bits per heavy atom. The van der Waals surface area contributed by atoms with Crippen LogP contribution in [0.4, 0.5) is 0 Å². The minimum absolute atomic E-state index is 0.855. The third kappa shape index (κ3) is 3.26. The van der Waals surface area contributed by atoms with Crippen LogP contribution in [0.2, 0.25) is 0 Å². The van der Waals surface area contributed by atoms with Crippen LogP contribution in [-0.4, -0.2) is 47.5 Å². The van der Waals surface area contributed by atoms with Crippen LogP contribution in [0.25, 0.3) is 11.1 Å². The summed E-state index contributed by atoms with van der Waals surface area (Å²) in [6.07, 6.45) is 4.08. The molecule has 0 amide bonds. The van der Waals surface area contributed by atoms with E-state index in [4.69, 9.17) is 4.74 Å². The van der Waals surface area contributed by atoms with Gasteiger partial charge in [0.15, 0.2) is 0 Å². The van der Waals surface area contributed by atoms with E-state index in [1.165, 1.54) is 16.7 Å². The van der Waals surface area contributed by atoms with E-state index in [2.05, 4.69) is 47.4 Å². The van der Waals surface area contributed by atoms with Crippen molar-refractivity contribution in [2.24, 2.45) is 0 Å². The highest BCUT2D eigenvalue weighted by molar-refractivity contribution is 5.61. The van der Waals surface area contributed by atoms with Crippen LogP contribution in [0.15, 0.2) is 36.7 Å². The molecule has 106 valence electrons. The van der Waals surface area contributed by atoms with Gasteiger partial charge in [-0.25, -0.2) is 0 Å². The second kappa shape index (κ2) is 6.20. The number of aromatic nitrogens is 2. The van der Waals surface area contributed by atoms with Gasteiger partial charge in [-0.3, -0.25) is 9.58 Å². The van der Waals surface area contributed by atoms with E-state index in [0.717, 1.165) is 39.4 Å². The first-order chi connectivity index (χ1) is 9.81. The molecule has 4 heteroatoms. The molecule has 1 aliphatic heterocycles. The lowest BCUT2D eigenvalue weighted by atomic mass is 10.1. The summed E-state index contributed by atoms with van der Waals surface area (Å²) < 4.78 is 7.39. The molecule has 0 unspecified atom stereocenters. The molecule has 0 spiro atoms. The highest BCUT2D eigenvalue weighted by Crippen LogP contribution is 2.18. The lowest BCUT2D eigenvalue weighted by Crippen LogP contribution is -2.38. The maximum absolute atomic E-state index is 5.36. The fraction of sp³-hybridized carbons (Fsp3) is 0.438. The molecule has 4 nitrogen and oxygen atoms in total. The van der Waals surface area contributed by atoms with Gasteiger partial charge in [-0.05, 0) is 12.5 Å². The maximum Gasteiger partial charge on any atom is 0.0594 e. The van der Waals surface area contributed by atoms with Gasteiger partial charge >= 0.3 is 0 Å². The van der Waals surface area contributed by atoms with Crippen molar-refractivity contribution in [1.82, 2.24) is 14.7 Å². The molecule has 0 bridgehead atoms. The van der Waals surface area contributed by atoms with Gasteiger partial charge in [0.1, 0.15) is 0 Å². The largest absolute Gasteiger partial charge is 0.379 e. The second-order valence-corrected chi connectivity index (χ2v) is 5.31. The van der Waals surface area contributed by atoms with Gasteiger partial charge < -0.3 is 4.74 Å². The van der Waals surface area contributed by atoms with Gasteiger partial charge in [0.05, 0.1) is 26.0 Å². The van der Waals surface area contributed by atoms with E-state index in [0.29, 0.717) is 0 Å². The van der Waals surface area contributed by atoms with Crippen LogP contribution < -0.4 is 0 Å². The Balaban J connectivity index is 1.60. The minimum Gasteiger partial charge on any atom is -0.379 e. The van der Waals surface area contributed by atoms with E-state index in [-0.39, 0.29) is 0 Å². The summed E-state index contributed by atoms with van der Waals surface area (Å²) in [5, 5.41) is 4.46. The third-order valence-electron chi connectivity index (χ3n) is 3.77. The average Bonchev–Trinajstić information content (AvgIpc) is 2.96. The third-order valence-corrected chi connectivity index (χ3v) is 3.77. The van der Waals surface area contributed by atoms with Gasteiger partial charge in [0.25, 0.3) is 0 Å². The van der Waals surface area contributed by atoms with Crippen molar-refractivity contribution < 1.29 is 4.74 Å². The number of ether oxygens (including phenoxy) is 1. The van der Waals surface area contributed by atoms with Gasteiger partial charge in [0, 0.05) is 31.4 Å². The predicted molar refractivity (Wildman–Crippen MR) is 79.7 cm³/mol. The van der Waals surface area contributed by atoms with Crippen molar-refractivity contribution in [3.8, 4) is 11.1 Å². The summed E-state index contributed by atoms with van der Waals surface area (Å²) in [7, 11) is 0. The Bertz CT molecular complexity index is 541. The highest BCUT2D eigenvalue weighted by Gasteiger charge is 2.10. The first-order valence-electron chi connectivity index (χ1n) is 7.21. The van der Waals surface area contributed by atoms with Crippen LogP contribution in [0.5, 0.6) is 0 Å². The van der Waals surface area contributed by atoms with Gasteiger partial charge in [-0.2, -0.15) is 5.10 Å². The van der Waals surface area contributed by atoms with E-state index in [9.17, 15) is 0 Å². The number of nitrogens with zero attached hydrogens (tertiary/aromatic N) is 3. The fourth-order valence-corrected chi connectivity index (χ4v) is 2.45. The van der Waals surface area contributed by atoms with Crippen molar-refractivity contribution in [2.75, 3.05) is 32.8 Å². The second-order valence-electron chi connectivity index (χ2n) is 5.31. The predicted octanol–water partition coefficient (Wildman–Crippen LogP) is 2.19. The van der Waals surface area contributed by atoms with Crippen molar-refractivity contribution in [2.45, 2.75) is 13.5 Å². The number of benzene rings is 1. The summed E-state index contributed by atoms with van der Waals surface area (Å²) >= 11 is 0. The summed E-state index contributed by atoms with van der Waals surface area (Å²) in [6, 6.07) is 8.58. The van der Waals surface area contributed by atoms with Crippen molar-refractivity contribution in [1.29, 1.82) is 0 Å². The Morgan fingerprint density at radius 2 is 1.80 bits per heavy atom. The van der Waals surface area contributed by atoms with Crippen LogP contribution in [0, 0.1) is 6.92 Å². The quantitative estimate of drug-likeness (QED) is 0.854. The molecular weight excluding hydrogens is 250 g/mol. The molecule has 0 atom stereocenters. The molecule has 0 radical (unpaired) electrons. The highest BCUT2D eigenvalue weighted by atomic mass is 16.5. The normalized spacial score (nSPS) is 16.4. The molecule has 1 fully saturated rings. The summed E-state index contributed by atoms with van der Waals surface area (Å²) in [5.41, 5.74) is 3.70. The lowest BCUT2D eigenvalue weighted by Gasteiger charge is -2.26. The monoisotopic (exact) mass is 271 g/mol. The van der Waals surface area contributed by atoms with Gasteiger partial charge in [-0.15, -0.1) is 0 Å². The molecular formula is C16H21N3O. The molecule has 1 aliphatic rings. The van der Waals surface area contributed by atoms with E-state index in [1.54, 1.807) is 0 Å². The maximum atomic E-state index is 5.36. The molecule has 1 aromatic carbocycles. The fourth-order valence-electron chi connectivity index (χ4n) is 2.45. The van der Waals surface area contributed by atoms with E-state index < -0.39 is 0 Å². The zero-order valence-corrected chi connectivity index (χ0v) is 12.0. The molecule has 0 saturated carbocycles. The molecule has 1 saturated heterocycles. The lowest BCUT2D eigenvalue weighted by molar-refractivity contribution is 0.0360. The van der Waals surface area contributed by atoms with Crippen molar-refractivity contribution in [3.05, 3.63) is 42.2 Å². The van der Waals surface area contributed by atoms with Gasteiger partial charge in [-0.1, -0.05) is 29.8 Å². The molecule has 20 heavy (non-hydrogen) atoms. The number of hydrogen-bond donors (Lipinski definition) is 0. The number of morpholine rings is 1. The number of aryl methyl sites for hydroxylation is 1. The van der Waals surface area contributed by atoms with Gasteiger partial charge in [0.2, 0.25) is 0 Å². The molecule has 1 aromatic heterocycles. The Hall–Kier alpha value is -1.65. The smallest absolute Gasteiger partial charge is 0.0594 e. The Morgan fingerprint density at radius 1 is 1.05 bits per heavy atom. The summed E-state index contributed by atoms with van der Waals surface area (Å²) in [5.74, 6) is 0. The zero-order chi connectivity index (χ0) is 13.8. The van der Waals surface area contributed by atoms with Crippen LogP contribution in [-0.2, 0) is 11.3 Å². The van der Waals surface area contributed by atoms with Crippen molar-refractivity contribution in [3.63, 3.8) is 0 Å². The molecule has 2 heterocycles. The SMILES string of the molecule is Cc1ccc(-c2cnn(CCN3CCOCC3)c2)cc1. The van der Waals surface area contributed by atoms with E-state index in [1.807, 2.05) is 10.9 Å². The Kier molecular flexibility index (Phi) is 4.14. The molecule has 0 aliphatic carbocycles. The first kappa shape index (κ1) is 13.3. The standard InChI is InChI=1S/C16H21N3O/c1-14-2-4-15(5-3-14)16-12-17-19(13-16)7-6-18-8-10-20-11-9-18/h2-5,12-13H,6-11H2,1H3. The molecule has 3 rings (SSSR count).